The summed E-state index contributed by atoms with van der Waals surface area (Å²) in [5.74, 6) is 1.88. The van der Waals surface area contributed by atoms with E-state index < -0.39 is 0 Å². The zero-order chi connectivity index (χ0) is 37.3. The minimum atomic E-state index is 0.614. The van der Waals surface area contributed by atoms with Gasteiger partial charge >= 0.3 is 0 Å². The van der Waals surface area contributed by atoms with Crippen molar-refractivity contribution >= 4 is 155 Å². The Morgan fingerprint density at radius 1 is 0.358 bits per heavy atom. The predicted octanol–water partition coefficient (Wildman–Crippen LogP) is -7.31. The van der Waals surface area contributed by atoms with Crippen LogP contribution in [0.4, 0.5) is 0 Å². The number of hydrogen-bond donors (Lipinski definition) is 0. The van der Waals surface area contributed by atoms with Crippen molar-refractivity contribution < 1.29 is 4.42 Å². The largest absolute Gasteiger partial charge is 0.456 e. The van der Waals surface area contributed by atoms with E-state index in [0.29, 0.717) is 17.5 Å². The molecule has 6 aromatic carbocycles. The second-order valence-electron chi connectivity index (χ2n) is 14.7. The molecule has 0 fully saturated rings. The van der Waals surface area contributed by atoms with Gasteiger partial charge in [0.1, 0.15) is 89.6 Å². The molecule has 0 unspecified atom stereocenters. The molecule has 14 heteroatoms. The van der Waals surface area contributed by atoms with E-state index in [0.717, 1.165) is 44.2 Å². The summed E-state index contributed by atoms with van der Waals surface area (Å²) in [7, 11) is 22.3. The molecule has 2 aromatic heterocycles. The first-order valence-corrected chi connectivity index (χ1v) is 18.5. The fourth-order valence-electron chi connectivity index (χ4n) is 8.16. The summed E-state index contributed by atoms with van der Waals surface area (Å²) in [5, 5.41) is 2.04. The highest BCUT2D eigenvalue weighted by Gasteiger charge is 2.20. The molecule has 0 aliphatic rings. The number of benzene rings is 6. The molecule has 0 aliphatic carbocycles. The number of furan rings is 1. The average Bonchev–Trinajstić information content (AvgIpc) is 3.56. The van der Waals surface area contributed by atoms with Crippen LogP contribution in [0.25, 0.3) is 78.4 Å². The van der Waals surface area contributed by atoms with Crippen molar-refractivity contribution in [1.29, 1.82) is 0 Å². The molecule has 0 radical (unpaired) electrons. The smallest absolute Gasteiger partial charge is 0.164 e. The SMILES string of the molecule is Bc1c(B)c(B)c(-c2ccc(-c3nc(-c4ccccc4)nc(-c4cccc5oc6cc(-c7c(B)c(B)c(B)c(B)c7B)ccc6c45)n3)cc2)c(B)c1B. The Labute approximate surface area is 320 Å². The molecule has 0 saturated heterocycles. The molecule has 0 bridgehead atoms. The number of hydrogen-bond acceptors (Lipinski definition) is 4. The van der Waals surface area contributed by atoms with Gasteiger partial charge < -0.3 is 4.42 Å². The predicted molar refractivity (Wildman–Crippen MR) is 256 cm³/mol. The van der Waals surface area contributed by atoms with Crippen LogP contribution in [0.5, 0.6) is 0 Å². The highest BCUT2D eigenvalue weighted by Crippen LogP contribution is 2.38. The molecule has 0 spiro atoms. The van der Waals surface area contributed by atoms with Gasteiger partial charge in [0, 0.05) is 27.5 Å². The molecule has 242 valence electrons. The summed E-state index contributed by atoms with van der Waals surface area (Å²) in [6.07, 6.45) is 0. The van der Waals surface area contributed by atoms with Gasteiger partial charge in [0.05, 0.1) is 0 Å². The van der Waals surface area contributed by atoms with Crippen LogP contribution in [-0.2, 0) is 0 Å². The summed E-state index contributed by atoms with van der Waals surface area (Å²) >= 11 is 0. The van der Waals surface area contributed by atoms with E-state index in [9.17, 15) is 0 Å². The van der Waals surface area contributed by atoms with Crippen molar-refractivity contribution in [2.45, 2.75) is 0 Å². The lowest BCUT2D eigenvalue weighted by Gasteiger charge is -2.20. The second kappa shape index (κ2) is 13.3. The number of nitrogens with zero attached hydrogens (tertiary/aromatic N) is 3. The quantitative estimate of drug-likeness (QED) is 0.171. The van der Waals surface area contributed by atoms with Crippen LogP contribution in [0, 0.1) is 0 Å². The first kappa shape index (κ1) is 34.8. The number of rotatable bonds is 5. The Morgan fingerprint density at radius 2 is 0.811 bits per heavy atom. The molecule has 0 N–H and O–H groups in total. The van der Waals surface area contributed by atoms with Gasteiger partial charge in [-0.25, -0.2) is 15.0 Å². The van der Waals surface area contributed by atoms with Crippen LogP contribution in [0.2, 0.25) is 0 Å². The van der Waals surface area contributed by atoms with Crippen LogP contribution >= 0.6 is 0 Å². The van der Waals surface area contributed by atoms with Gasteiger partial charge in [-0.15, -0.1) is 32.8 Å². The van der Waals surface area contributed by atoms with Crippen LogP contribution in [-0.4, -0.2) is 93.4 Å². The molecule has 53 heavy (non-hydrogen) atoms. The molecule has 8 aromatic rings. The van der Waals surface area contributed by atoms with Crippen molar-refractivity contribution in [2.75, 3.05) is 0 Å². The average molecular weight is 670 g/mol. The third kappa shape index (κ3) is 5.74. The summed E-state index contributed by atoms with van der Waals surface area (Å²) in [6, 6.07) is 31.6. The fraction of sp³-hybridized carbons (Fsp3) is 0. The van der Waals surface area contributed by atoms with Gasteiger partial charge in [0.25, 0.3) is 0 Å². The maximum atomic E-state index is 6.60. The summed E-state index contributed by atoms with van der Waals surface area (Å²) in [5.41, 5.74) is 22.8. The molecular weight excluding hydrogens is 635 g/mol. The van der Waals surface area contributed by atoms with E-state index in [1.165, 1.54) is 71.3 Å². The minimum absolute atomic E-state index is 0.614. The van der Waals surface area contributed by atoms with Gasteiger partial charge in [-0.05, 0) is 40.5 Å². The highest BCUT2D eigenvalue weighted by atomic mass is 16.3. The first-order valence-electron chi connectivity index (χ1n) is 18.5. The van der Waals surface area contributed by atoms with Gasteiger partial charge in [-0.1, -0.05) is 94.6 Å². The molecule has 8 rings (SSSR count). The summed E-state index contributed by atoms with van der Waals surface area (Å²) < 4.78 is 6.60. The Bertz CT molecular complexity index is 2730. The number of aromatic nitrogens is 3. The van der Waals surface area contributed by atoms with Crippen molar-refractivity contribution in [3.05, 3.63) is 91.0 Å². The van der Waals surface area contributed by atoms with Gasteiger partial charge in [-0.3, -0.25) is 0 Å². The molecule has 0 atom stereocenters. The van der Waals surface area contributed by atoms with Crippen molar-refractivity contribution in [3.63, 3.8) is 0 Å². The van der Waals surface area contributed by atoms with Crippen molar-refractivity contribution in [1.82, 2.24) is 15.0 Å². The topological polar surface area (TPSA) is 51.8 Å². The van der Waals surface area contributed by atoms with E-state index in [1.807, 2.05) is 42.5 Å². The third-order valence-electron chi connectivity index (χ3n) is 12.1. The molecular formula is C39H35B10N3O. The lowest BCUT2D eigenvalue weighted by Crippen LogP contribution is -2.55. The highest BCUT2D eigenvalue weighted by molar-refractivity contribution is 6.69. The Hall–Kier alpha value is -5.22. The number of fused-ring (bicyclic) bond motifs is 3. The van der Waals surface area contributed by atoms with Gasteiger partial charge in [0.15, 0.2) is 17.5 Å². The summed E-state index contributed by atoms with van der Waals surface area (Å²) in [4.78, 5) is 15.3. The first-order chi connectivity index (χ1) is 25.4. The van der Waals surface area contributed by atoms with Crippen molar-refractivity contribution in [2.24, 2.45) is 0 Å². The summed E-state index contributed by atoms with van der Waals surface area (Å²) in [6.45, 7) is 0. The molecule has 2 heterocycles. The van der Waals surface area contributed by atoms with Crippen LogP contribution in [0.15, 0.2) is 95.4 Å². The minimum Gasteiger partial charge on any atom is -0.456 e. The maximum Gasteiger partial charge on any atom is 0.164 e. The zero-order valence-electron chi connectivity index (χ0n) is 32.4. The maximum absolute atomic E-state index is 6.60. The lowest BCUT2D eigenvalue weighted by molar-refractivity contribution is 0.669. The monoisotopic (exact) mass is 671 g/mol. The third-order valence-corrected chi connectivity index (χ3v) is 12.1. The van der Waals surface area contributed by atoms with Crippen LogP contribution in [0.1, 0.15) is 0 Å². The van der Waals surface area contributed by atoms with Crippen LogP contribution in [0.3, 0.4) is 0 Å². The van der Waals surface area contributed by atoms with E-state index in [2.05, 4.69) is 127 Å². The lowest BCUT2D eigenvalue weighted by atomic mass is 9.59. The van der Waals surface area contributed by atoms with Gasteiger partial charge in [0.2, 0.25) is 0 Å². The van der Waals surface area contributed by atoms with Crippen molar-refractivity contribution in [3.8, 4) is 56.4 Å². The standard InChI is InChI=1S/C39H35B10N3O/c40-27-24(28(41)32(45)35(48)31(27)44)16-9-11-18(12-10-16)38-50-37(17-5-2-1-3-6-17)51-39(52-38)21-7-4-8-22-26(21)20-14-13-19(15-23(20)53-22)25-29(42)33(46)36(49)34(47)30(25)43/h1-15H,40-49H2. The second-order valence-corrected chi connectivity index (χ2v) is 14.7. The molecule has 0 amide bonds. The normalized spacial score (nSPS) is 11.4. The van der Waals surface area contributed by atoms with Crippen LogP contribution < -0.4 is 54.6 Å². The molecule has 0 aliphatic heterocycles. The Balaban J connectivity index is 1.28. The van der Waals surface area contributed by atoms with E-state index in [-0.39, 0.29) is 0 Å². The molecule has 0 saturated carbocycles. The van der Waals surface area contributed by atoms with E-state index >= 15 is 0 Å². The van der Waals surface area contributed by atoms with E-state index in [1.54, 1.807) is 0 Å². The Kier molecular flexibility index (Phi) is 8.76. The molecule has 4 nitrogen and oxygen atoms in total. The van der Waals surface area contributed by atoms with Gasteiger partial charge in [-0.2, -0.15) is 0 Å². The fourth-order valence-corrected chi connectivity index (χ4v) is 8.16. The Morgan fingerprint density at radius 3 is 1.38 bits per heavy atom. The zero-order valence-corrected chi connectivity index (χ0v) is 32.4. The van der Waals surface area contributed by atoms with E-state index in [4.69, 9.17) is 19.4 Å².